The monoisotopic (exact) mass is 740 g/mol. The largest absolute Gasteiger partial charge is 0.310 e. The summed E-state index contributed by atoms with van der Waals surface area (Å²) in [5, 5.41) is 4.95. The van der Waals surface area contributed by atoms with Crippen molar-refractivity contribution < 1.29 is 0 Å². The molecule has 0 aliphatic rings. The molecule has 0 heterocycles. The number of anilines is 6. The third kappa shape index (κ3) is 6.78. The Morgan fingerprint density at radius 2 is 0.586 bits per heavy atom. The molecular formula is C56H40N2. The number of hydrogen-bond acceptors (Lipinski definition) is 2. The standard InChI is InChI=1S/C56H40N2/c1-4-15-41(16-5-1)43-27-33-49(34-28-43)57(50-35-29-44(30-36-50)42-17-6-2-7-18-42)52-23-14-20-46(39-52)45-31-37-51(38-32-45)58(48-21-8-3-9-22-48)56-40-47-19-10-11-24-53(47)54-25-12-13-26-55(54)56/h1-40H. The zero-order valence-electron chi connectivity index (χ0n) is 32.0. The minimum Gasteiger partial charge on any atom is -0.310 e. The summed E-state index contributed by atoms with van der Waals surface area (Å²) >= 11 is 0. The molecule has 10 aromatic rings. The predicted octanol–water partition coefficient (Wildman–Crippen LogP) is 15.9. The van der Waals surface area contributed by atoms with Crippen molar-refractivity contribution in [3.63, 3.8) is 0 Å². The molecule has 2 heteroatoms. The van der Waals surface area contributed by atoms with Gasteiger partial charge in [0.1, 0.15) is 0 Å². The number of benzene rings is 10. The average molecular weight is 741 g/mol. The van der Waals surface area contributed by atoms with Crippen LogP contribution in [0.1, 0.15) is 0 Å². The third-order valence-electron chi connectivity index (χ3n) is 11.0. The van der Waals surface area contributed by atoms with E-state index in [1.165, 1.54) is 43.8 Å². The smallest absolute Gasteiger partial charge is 0.0546 e. The van der Waals surface area contributed by atoms with E-state index in [0.717, 1.165) is 45.3 Å². The molecule has 0 saturated carbocycles. The lowest BCUT2D eigenvalue weighted by Gasteiger charge is -2.28. The van der Waals surface area contributed by atoms with Crippen molar-refractivity contribution in [2.45, 2.75) is 0 Å². The van der Waals surface area contributed by atoms with Crippen LogP contribution in [0.25, 0.3) is 54.9 Å². The van der Waals surface area contributed by atoms with Gasteiger partial charge in [0.2, 0.25) is 0 Å². The maximum atomic E-state index is 2.38. The third-order valence-corrected chi connectivity index (χ3v) is 11.0. The summed E-state index contributed by atoms with van der Waals surface area (Å²) in [5.41, 5.74) is 13.8. The summed E-state index contributed by atoms with van der Waals surface area (Å²) in [5.74, 6) is 0. The van der Waals surface area contributed by atoms with Gasteiger partial charge >= 0.3 is 0 Å². The Morgan fingerprint density at radius 3 is 1.16 bits per heavy atom. The van der Waals surface area contributed by atoms with Crippen molar-refractivity contribution in [1.82, 2.24) is 0 Å². The Kier molecular flexibility index (Phi) is 9.27. The summed E-state index contributed by atoms with van der Waals surface area (Å²) in [7, 11) is 0. The highest BCUT2D eigenvalue weighted by Gasteiger charge is 2.18. The molecule has 2 nitrogen and oxygen atoms in total. The van der Waals surface area contributed by atoms with E-state index in [9.17, 15) is 0 Å². The molecule has 0 N–H and O–H groups in total. The number of rotatable bonds is 9. The second-order valence-corrected chi connectivity index (χ2v) is 14.6. The SMILES string of the molecule is c1ccc(-c2ccc(N(c3ccc(-c4ccccc4)cc3)c3cccc(-c4ccc(N(c5ccccc5)c5cc6ccccc6c6ccccc56)cc4)c3)cc2)cc1. The van der Waals surface area contributed by atoms with Crippen LogP contribution in [0.5, 0.6) is 0 Å². The minimum absolute atomic E-state index is 1.09. The first kappa shape index (κ1) is 34.8. The molecule has 58 heavy (non-hydrogen) atoms. The van der Waals surface area contributed by atoms with Gasteiger partial charge in [0, 0.05) is 33.8 Å². The number of fused-ring (bicyclic) bond motifs is 3. The number of hydrogen-bond donors (Lipinski definition) is 0. The van der Waals surface area contributed by atoms with E-state index in [0.29, 0.717) is 0 Å². The van der Waals surface area contributed by atoms with Gasteiger partial charge in [-0.2, -0.15) is 0 Å². The Morgan fingerprint density at radius 1 is 0.207 bits per heavy atom. The summed E-state index contributed by atoms with van der Waals surface area (Å²) in [6, 6.07) is 87.2. The van der Waals surface area contributed by atoms with E-state index in [-0.39, 0.29) is 0 Å². The molecule has 0 bridgehead atoms. The van der Waals surface area contributed by atoms with Crippen LogP contribution in [-0.4, -0.2) is 0 Å². The second-order valence-electron chi connectivity index (χ2n) is 14.6. The van der Waals surface area contributed by atoms with Crippen LogP contribution in [0, 0.1) is 0 Å². The van der Waals surface area contributed by atoms with Crippen molar-refractivity contribution in [2.24, 2.45) is 0 Å². The molecule has 0 aliphatic carbocycles. The first-order valence-corrected chi connectivity index (χ1v) is 19.8. The van der Waals surface area contributed by atoms with Gasteiger partial charge in [-0.15, -0.1) is 0 Å². The lowest BCUT2D eigenvalue weighted by molar-refractivity contribution is 1.28. The highest BCUT2D eigenvalue weighted by atomic mass is 15.1. The maximum absolute atomic E-state index is 2.38. The van der Waals surface area contributed by atoms with Gasteiger partial charge in [-0.3, -0.25) is 0 Å². The van der Waals surface area contributed by atoms with Crippen LogP contribution in [0.4, 0.5) is 34.1 Å². The van der Waals surface area contributed by atoms with Crippen LogP contribution in [-0.2, 0) is 0 Å². The second kappa shape index (κ2) is 15.5. The summed E-state index contributed by atoms with van der Waals surface area (Å²) in [4.78, 5) is 4.73. The molecule has 0 unspecified atom stereocenters. The Balaban J connectivity index is 1.04. The van der Waals surface area contributed by atoms with E-state index < -0.39 is 0 Å². The van der Waals surface area contributed by atoms with E-state index in [1.54, 1.807) is 0 Å². The topological polar surface area (TPSA) is 6.48 Å². The van der Waals surface area contributed by atoms with E-state index in [1.807, 2.05) is 0 Å². The van der Waals surface area contributed by atoms with Gasteiger partial charge in [-0.05, 0) is 116 Å². The lowest BCUT2D eigenvalue weighted by Crippen LogP contribution is -2.10. The van der Waals surface area contributed by atoms with Crippen molar-refractivity contribution in [3.8, 4) is 33.4 Å². The van der Waals surface area contributed by atoms with Crippen LogP contribution >= 0.6 is 0 Å². The van der Waals surface area contributed by atoms with Crippen LogP contribution in [0.2, 0.25) is 0 Å². The Bertz CT molecular complexity index is 2880. The molecule has 274 valence electrons. The van der Waals surface area contributed by atoms with Crippen molar-refractivity contribution in [1.29, 1.82) is 0 Å². The molecule has 0 atom stereocenters. The fourth-order valence-electron chi connectivity index (χ4n) is 8.17. The highest BCUT2D eigenvalue weighted by molar-refractivity contribution is 6.14. The van der Waals surface area contributed by atoms with E-state index >= 15 is 0 Å². The molecule has 0 amide bonds. The first-order valence-electron chi connectivity index (χ1n) is 19.8. The highest BCUT2D eigenvalue weighted by Crippen LogP contribution is 2.43. The predicted molar refractivity (Wildman–Crippen MR) is 247 cm³/mol. The van der Waals surface area contributed by atoms with Gasteiger partial charge in [0.25, 0.3) is 0 Å². The van der Waals surface area contributed by atoms with Gasteiger partial charge in [-0.25, -0.2) is 0 Å². The summed E-state index contributed by atoms with van der Waals surface area (Å²) in [6.45, 7) is 0. The van der Waals surface area contributed by atoms with Crippen LogP contribution < -0.4 is 9.80 Å². The van der Waals surface area contributed by atoms with Crippen LogP contribution in [0.3, 0.4) is 0 Å². The molecule has 10 rings (SSSR count). The quantitative estimate of drug-likeness (QED) is 0.136. The zero-order valence-corrected chi connectivity index (χ0v) is 32.0. The minimum atomic E-state index is 1.09. The van der Waals surface area contributed by atoms with Gasteiger partial charge in [0.05, 0.1) is 5.69 Å². The number of nitrogens with zero attached hydrogens (tertiary/aromatic N) is 2. The first-order chi connectivity index (χ1) is 28.8. The maximum Gasteiger partial charge on any atom is 0.0546 e. The fourth-order valence-corrected chi connectivity index (χ4v) is 8.17. The fraction of sp³-hybridized carbons (Fsp3) is 0. The molecule has 0 saturated heterocycles. The lowest BCUT2D eigenvalue weighted by atomic mass is 9.98. The van der Waals surface area contributed by atoms with Gasteiger partial charge < -0.3 is 9.80 Å². The average Bonchev–Trinajstić information content (AvgIpc) is 3.31. The van der Waals surface area contributed by atoms with Gasteiger partial charge in [0.15, 0.2) is 0 Å². The number of para-hydroxylation sites is 1. The van der Waals surface area contributed by atoms with E-state index in [2.05, 4.69) is 252 Å². The molecule has 0 radical (unpaired) electrons. The molecule has 10 aromatic carbocycles. The normalized spacial score (nSPS) is 11.1. The van der Waals surface area contributed by atoms with Crippen molar-refractivity contribution in [3.05, 3.63) is 243 Å². The molecule has 0 fully saturated rings. The summed E-state index contributed by atoms with van der Waals surface area (Å²) < 4.78 is 0. The van der Waals surface area contributed by atoms with Crippen molar-refractivity contribution in [2.75, 3.05) is 9.80 Å². The Hall–Kier alpha value is -7.68. The molecule has 0 aromatic heterocycles. The zero-order chi connectivity index (χ0) is 38.7. The molecular weight excluding hydrogens is 701 g/mol. The van der Waals surface area contributed by atoms with Crippen LogP contribution in [0.15, 0.2) is 243 Å². The van der Waals surface area contributed by atoms with Crippen molar-refractivity contribution >= 4 is 55.7 Å². The van der Waals surface area contributed by atoms with E-state index in [4.69, 9.17) is 0 Å². The molecule has 0 spiro atoms. The molecule has 0 aliphatic heterocycles. The van der Waals surface area contributed by atoms with Gasteiger partial charge in [-0.1, -0.05) is 176 Å². The Labute approximate surface area is 340 Å². The summed E-state index contributed by atoms with van der Waals surface area (Å²) in [6.07, 6.45) is 0.